The molecule has 1 aliphatic rings. The summed E-state index contributed by atoms with van der Waals surface area (Å²) in [6, 6.07) is 13.6. The van der Waals surface area contributed by atoms with E-state index in [4.69, 9.17) is 5.73 Å². The first-order valence-electron chi connectivity index (χ1n) is 11.5. The molecule has 0 saturated heterocycles. The van der Waals surface area contributed by atoms with Gasteiger partial charge in [-0.05, 0) is 91.2 Å². The molecule has 162 valence electrons. The Balaban J connectivity index is 0.000000989. The Bertz CT molecular complexity index is 727. The zero-order chi connectivity index (χ0) is 22.0. The highest BCUT2D eigenvalue weighted by Crippen LogP contribution is 2.49. The smallest absolute Gasteiger partial charge is 0.123 e. The zero-order valence-electron chi connectivity index (χ0n) is 19.7. The zero-order valence-corrected chi connectivity index (χ0v) is 19.7. The maximum atomic E-state index is 13.6. The average Bonchev–Trinajstić information content (AvgIpc) is 2.71. The van der Waals surface area contributed by atoms with E-state index in [9.17, 15) is 4.39 Å². The molecule has 0 unspecified atom stereocenters. The van der Waals surface area contributed by atoms with Crippen LogP contribution in [0.1, 0.15) is 96.3 Å². The summed E-state index contributed by atoms with van der Waals surface area (Å²) in [6.45, 7) is 14.6. The predicted octanol–water partition coefficient (Wildman–Crippen LogP) is 8.41. The van der Waals surface area contributed by atoms with Crippen molar-refractivity contribution in [3.05, 3.63) is 65.0 Å². The summed E-state index contributed by atoms with van der Waals surface area (Å²) in [5, 5.41) is 0. The van der Waals surface area contributed by atoms with E-state index < -0.39 is 0 Å². The Hall–Kier alpha value is -1.83. The van der Waals surface area contributed by atoms with Crippen molar-refractivity contribution in [2.75, 3.05) is 5.73 Å². The number of nitrogens with two attached hydrogens (primary N) is 1. The number of hydrogen-bond donors (Lipinski definition) is 1. The molecule has 0 radical (unpaired) electrons. The molecular weight excluding hydrogens is 357 g/mol. The first kappa shape index (κ1) is 25.2. The van der Waals surface area contributed by atoms with Gasteiger partial charge in [-0.1, -0.05) is 65.8 Å². The van der Waals surface area contributed by atoms with E-state index >= 15 is 0 Å². The van der Waals surface area contributed by atoms with Gasteiger partial charge in [-0.2, -0.15) is 0 Å². The summed E-state index contributed by atoms with van der Waals surface area (Å²) in [5.74, 6) is 1.04. The second kappa shape index (κ2) is 12.0. The number of aryl methyl sites for hydroxylation is 1. The SMILES string of the molecule is CC.CC.Cc1cc(F)ccc1C1(CC(C)C)CCC(c2ccccc2N)CC1. The molecule has 1 fully saturated rings. The molecule has 2 aromatic carbocycles. The fraction of sp³-hybridized carbons (Fsp3) is 0.556. The molecule has 2 N–H and O–H groups in total. The van der Waals surface area contributed by atoms with Crippen molar-refractivity contribution in [2.24, 2.45) is 5.92 Å². The highest BCUT2D eigenvalue weighted by molar-refractivity contribution is 5.49. The van der Waals surface area contributed by atoms with Crippen LogP contribution in [0.3, 0.4) is 0 Å². The van der Waals surface area contributed by atoms with E-state index in [1.165, 1.54) is 11.1 Å². The summed E-state index contributed by atoms with van der Waals surface area (Å²) in [6.07, 6.45) is 5.76. The maximum Gasteiger partial charge on any atom is 0.123 e. The third-order valence-electron chi connectivity index (χ3n) is 5.94. The molecule has 29 heavy (non-hydrogen) atoms. The first-order valence-corrected chi connectivity index (χ1v) is 11.5. The second-order valence-corrected chi connectivity index (χ2v) is 8.24. The summed E-state index contributed by atoms with van der Waals surface area (Å²) in [4.78, 5) is 0. The van der Waals surface area contributed by atoms with Gasteiger partial charge in [-0.3, -0.25) is 0 Å². The minimum absolute atomic E-state index is 0.133. The van der Waals surface area contributed by atoms with Gasteiger partial charge >= 0.3 is 0 Å². The summed E-state index contributed by atoms with van der Waals surface area (Å²) in [7, 11) is 0. The van der Waals surface area contributed by atoms with Crippen LogP contribution in [-0.4, -0.2) is 0 Å². The van der Waals surface area contributed by atoms with Crippen LogP contribution in [0.25, 0.3) is 0 Å². The highest BCUT2D eigenvalue weighted by Gasteiger charge is 2.38. The molecular formula is C27H42FN. The molecule has 1 nitrogen and oxygen atoms in total. The summed E-state index contributed by atoms with van der Waals surface area (Å²) >= 11 is 0. The van der Waals surface area contributed by atoms with Gasteiger partial charge in [-0.15, -0.1) is 0 Å². The average molecular weight is 400 g/mol. The number of hydrogen-bond acceptors (Lipinski definition) is 1. The van der Waals surface area contributed by atoms with Gasteiger partial charge in [-0.25, -0.2) is 4.39 Å². The molecule has 2 aromatic rings. The van der Waals surface area contributed by atoms with Crippen LogP contribution < -0.4 is 5.73 Å². The van der Waals surface area contributed by atoms with Gasteiger partial charge in [0, 0.05) is 5.69 Å². The van der Waals surface area contributed by atoms with Crippen molar-refractivity contribution < 1.29 is 4.39 Å². The van der Waals surface area contributed by atoms with E-state index in [0.717, 1.165) is 43.4 Å². The Morgan fingerprint density at radius 1 is 1.00 bits per heavy atom. The number of benzene rings is 2. The summed E-state index contributed by atoms with van der Waals surface area (Å²) < 4.78 is 13.6. The lowest BCUT2D eigenvalue weighted by Crippen LogP contribution is -2.33. The summed E-state index contributed by atoms with van der Waals surface area (Å²) in [5.41, 5.74) is 11.0. The van der Waals surface area contributed by atoms with Crippen molar-refractivity contribution >= 4 is 5.69 Å². The molecule has 3 rings (SSSR count). The highest BCUT2D eigenvalue weighted by atomic mass is 19.1. The van der Waals surface area contributed by atoms with E-state index in [1.54, 1.807) is 12.1 Å². The lowest BCUT2D eigenvalue weighted by Gasteiger charge is -2.43. The minimum Gasteiger partial charge on any atom is -0.398 e. The quantitative estimate of drug-likeness (QED) is 0.513. The number of nitrogen functional groups attached to an aromatic ring is 1. The molecule has 0 aliphatic heterocycles. The standard InChI is InChI=1S/C23H30FN.2C2H6/c1-16(2)15-23(21-9-8-19(24)14-17(21)3)12-10-18(11-13-23)20-6-4-5-7-22(20)25;2*1-2/h4-9,14,16,18H,10-13,15,25H2,1-3H3;2*1-2H3. The monoisotopic (exact) mass is 399 g/mol. The molecule has 0 aromatic heterocycles. The van der Waals surface area contributed by atoms with Crippen LogP contribution in [0, 0.1) is 18.7 Å². The predicted molar refractivity (Wildman–Crippen MR) is 127 cm³/mol. The number of rotatable bonds is 4. The van der Waals surface area contributed by atoms with Crippen LogP contribution in [-0.2, 0) is 5.41 Å². The number of anilines is 1. The number of para-hydroxylation sites is 1. The molecule has 0 spiro atoms. The van der Waals surface area contributed by atoms with Crippen LogP contribution in [0.4, 0.5) is 10.1 Å². The van der Waals surface area contributed by atoms with Gasteiger partial charge in [0.05, 0.1) is 0 Å². The molecule has 0 heterocycles. The van der Waals surface area contributed by atoms with Gasteiger partial charge < -0.3 is 5.73 Å². The molecule has 0 amide bonds. The fourth-order valence-corrected chi connectivity index (χ4v) is 4.95. The second-order valence-electron chi connectivity index (χ2n) is 8.24. The van der Waals surface area contributed by atoms with Gasteiger partial charge in [0.2, 0.25) is 0 Å². The Labute approximate surface area is 178 Å². The lowest BCUT2D eigenvalue weighted by molar-refractivity contribution is 0.227. The van der Waals surface area contributed by atoms with E-state index in [2.05, 4.69) is 32.9 Å². The van der Waals surface area contributed by atoms with Crippen LogP contribution in [0.2, 0.25) is 0 Å². The first-order chi connectivity index (χ1) is 13.9. The van der Waals surface area contributed by atoms with Gasteiger partial charge in [0.15, 0.2) is 0 Å². The molecule has 2 heteroatoms. The van der Waals surface area contributed by atoms with E-state index in [0.29, 0.717) is 11.8 Å². The maximum absolute atomic E-state index is 13.6. The van der Waals surface area contributed by atoms with E-state index in [-0.39, 0.29) is 11.2 Å². The normalized spacial score (nSPS) is 20.9. The molecule has 0 atom stereocenters. The van der Waals surface area contributed by atoms with Crippen molar-refractivity contribution in [3.8, 4) is 0 Å². The third kappa shape index (κ3) is 6.32. The largest absolute Gasteiger partial charge is 0.398 e. The van der Waals surface area contributed by atoms with Gasteiger partial charge in [0.1, 0.15) is 5.82 Å². The van der Waals surface area contributed by atoms with Crippen molar-refractivity contribution in [3.63, 3.8) is 0 Å². The Morgan fingerprint density at radius 3 is 2.10 bits per heavy atom. The van der Waals surface area contributed by atoms with Gasteiger partial charge in [0.25, 0.3) is 0 Å². The van der Waals surface area contributed by atoms with Crippen molar-refractivity contribution in [2.45, 2.75) is 91.9 Å². The Morgan fingerprint density at radius 2 is 1.59 bits per heavy atom. The molecule has 1 aliphatic carbocycles. The van der Waals surface area contributed by atoms with Crippen LogP contribution >= 0.6 is 0 Å². The van der Waals surface area contributed by atoms with Crippen LogP contribution in [0.5, 0.6) is 0 Å². The third-order valence-corrected chi connectivity index (χ3v) is 5.94. The minimum atomic E-state index is -0.133. The van der Waals surface area contributed by atoms with Crippen molar-refractivity contribution in [1.29, 1.82) is 0 Å². The van der Waals surface area contributed by atoms with Crippen molar-refractivity contribution in [1.82, 2.24) is 0 Å². The molecule has 1 saturated carbocycles. The topological polar surface area (TPSA) is 26.0 Å². The fourth-order valence-electron chi connectivity index (χ4n) is 4.95. The van der Waals surface area contributed by atoms with E-state index in [1.807, 2.05) is 45.9 Å². The molecule has 0 bridgehead atoms. The Kier molecular flexibility index (Phi) is 10.4. The lowest BCUT2D eigenvalue weighted by atomic mass is 9.61. The number of halogens is 1. The van der Waals surface area contributed by atoms with Crippen LogP contribution in [0.15, 0.2) is 42.5 Å².